The standard InChI is InChI=1S/C24H24N6O3S2/c1-15-3-8-21-17(11-15)12-18(13-25)23(29-21)34-14-22(31)28-19-4-6-20(7-5-19)35(32,33)30-24-26-10-9-16(2)27-24/h4-7,9-10,12,15H,3,8,11,14H2,1-2H3,(H,28,31)(H,26,27,30). The summed E-state index contributed by atoms with van der Waals surface area (Å²) in [5.41, 5.74) is 3.69. The summed E-state index contributed by atoms with van der Waals surface area (Å²) in [4.78, 5) is 25.1. The lowest BCUT2D eigenvalue weighted by Gasteiger charge is -2.21. The Morgan fingerprint density at radius 1 is 1.23 bits per heavy atom. The Bertz CT molecular complexity index is 1400. The number of carbonyl (C=O) groups is 1. The Kier molecular flexibility index (Phi) is 7.33. The van der Waals surface area contributed by atoms with Crippen LogP contribution in [0.2, 0.25) is 0 Å². The van der Waals surface area contributed by atoms with Crippen LogP contribution in [0.3, 0.4) is 0 Å². The van der Waals surface area contributed by atoms with Gasteiger partial charge in [0.25, 0.3) is 10.0 Å². The quantitative estimate of drug-likeness (QED) is 0.461. The van der Waals surface area contributed by atoms with Crippen molar-refractivity contribution in [2.45, 2.75) is 43.0 Å². The van der Waals surface area contributed by atoms with Crippen LogP contribution in [0.25, 0.3) is 0 Å². The molecule has 9 nitrogen and oxygen atoms in total. The van der Waals surface area contributed by atoms with Crippen molar-refractivity contribution in [3.05, 3.63) is 65.1 Å². The lowest BCUT2D eigenvalue weighted by Crippen LogP contribution is -2.17. The molecule has 0 saturated heterocycles. The first-order chi connectivity index (χ1) is 16.7. The molecule has 1 aromatic carbocycles. The van der Waals surface area contributed by atoms with Gasteiger partial charge in [-0.2, -0.15) is 5.26 Å². The van der Waals surface area contributed by atoms with E-state index in [2.05, 4.69) is 38.0 Å². The third-order valence-corrected chi connectivity index (χ3v) is 7.86. The van der Waals surface area contributed by atoms with Crippen LogP contribution >= 0.6 is 11.8 Å². The number of carbonyl (C=O) groups excluding carboxylic acids is 1. The summed E-state index contributed by atoms with van der Waals surface area (Å²) in [6.07, 6.45) is 4.33. The fourth-order valence-corrected chi connectivity index (χ4v) is 5.47. The molecule has 2 N–H and O–H groups in total. The molecule has 1 aliphatic rings. The van der Waals surface area contributed by atoms with Crippen LogP contribution in [-0.2, 0) is 27.7 Å². The largest absolute Gasteiger partial charge is 0.325 e. The van der Waals surface area contributed by atoms with E-state index in [-0.39, 0.29) is 22.5 Å². The summed E-state index contributed by atoms with van der Waals surface area (Å²) in [6, 6.07) is 11.5. The second kappa shape index (κ2) is 10.4. The van der Waals surface area contributed by atoms with Crippen LogP contribution < -0.4 is 10.0 Å². The molecule has 3 aromatic rings. The summed E-state index contributed by atoms with van der Waals surface area (Å²) in [5.74, 6) is 0.354. The average Bonchev–Trinajstić information content (AvgIpc) is 2.82. The molecule has 1 atom stereocenters. The minimum Gasteiger partial charge on any atom is -0.325 e. The maximum absolute atomic E-state index is 12.6. The minimum absolute atomic E-state index is 0.0126. The van der Waals surface area contributed by atoms with Gasteiger partial charge in [0.05, 0.1) is 16.2 Å². The van der Waals surface area contributed by atoms with E-state index in [1.807, 2.05) is 6.07 Å². The van der Waals surface area contributed by atoms with Crippen LogP contribution in [0.1, 0.15) is 35.9 Å². The molecule has 0 aliphatic heterocycles. The van der Waals surface area contributed by atoms with Gasteiger partial charge in [0.1, 0.15) is 11.1 Å². The molecule has 4 rings (SSSR count). The first-order valence-corrected chi connectivity index (χ1v) is 13.5. The molecular weight excluding hydrogens is 484 g/mol. The predicted molar refractivity (Wildman–Crippen MR) is 134 cm³/mol. The first kappa shape index (κ1) is 24.6. The Balaban J connectivity index is 1.37. The normalized spacial score (nSPS) is 15.1. The first-order valence-electron chi connectivity index (χ1n) is 11.0. The number of sulfonamides is 1. The Labute approximate surface area is 208 Å². The lowest BCUT2D eigenvalue weighted by molar-refractivity contribution is -0.113. The van der Waals surface area contributed by atoms with Crippen molar-refractivity contribution in [2.75, 3.05) is 15.8 Å². The molecule has 1 unspecified atom stereocenters. The number of pyridine rings is 1. The van der Waals surface area contributed by atoms with Gasteiger partial charge >= 0.3 is 0 Å². The second-order valence-electron chi connectivity index (χ2n) is 8.40. The van der Waals surface area contributed by atoms with Gasteiger partial charge in [0, 0.05) is 23.3 Å². The zero-order chi connectivity index (χ0) is 25.0. The molecule has 0 bridgehead atoms. The Morgan fingerprint density at radius 2 is 2.00 bits per heavy atom. The number of anilines is 2. The van der Waals surface area contributed by atoms with Gasteiger partial charge in [0.2, 0.25) is 11.9 Å². The third kappa shape index (κ3) is 6.15. The number of amides is 1. The van der Waals surface area contributed by atoms with Gasteiger partial charge in [-0.25, -0.2) is 28.1 Å². The molecule has 35 heavy (non-hydrogen) atoms. The number of hydrogen-bond donors (Lipinski definition) is 2. The zero-order valence-corrected chi connectivity index (χ0v) is 20.9. The lowest BCUT2D eigenvalue weighted by atomic mass is 9.87. The summed E-state index contributed by atoms with van der Waals surface area (Å²) < 4.78 is 27.5. The highest BCUT2D eigenvalue weighted by molar-refractivity contribution is 8.00. The van der Waals surface area contributed by atoms with Crippen molar-refractivity contribution in [3.63, 3.8) is 0 Å². The topological polar surface area (TPSA) is 138 Å². The summed E-state index contributed by atoms with van der Waals surface area (Å²) >= 11 is 1.22. The van der Waals surface area contributed by atoms with Gasteiger partial charge in [-0.15, -0.1) is 0 Å². The number of aryl methyl sites for hydroxylation is 2. The van der Waals surface area contributed by atoms with Crippen molar-refractivity contribution in [2.24, 2.45) is 5.92 Å². The Morgan fingerprint density at radius 3 is 2.71 bits per heavy atom. The second-order valence-corrected chi connectivity index (χ2v) is 11.0. The van der Waals surface area contributed by atoms with Crippen LogP contribution in [0.15, 0.2) is 52.5 Å². The summed E-state index contributed by atoms with van der Waals surface area (Å²) in [5, 5.41) is 12.8. The van der Waals surface area contributed by atoms with E-state index in [1.165, 1.54) is 42.2 Å². The molecule has 2 aromatic heterocycles. The number of aromatic nitrogens is 3. The number of benzene rings is 1. The molecule has 0 radical (unpaired) electrons. The number of nitrogens with one attached hydrogen (secondary N) is 2. The zero-order valence-electron chi connectivity index (χ0n) is 19.3. The smallest absolute Gasteiger partial charge is 0.264 e. The van der Waals surface area contributed by atoms with Gasteiger partial charge in [-0.3, -0.25) is 4.79 Å². The van der Waals surface area contributed by atoms with E-state index < -0.39 is 10.0 Å². The molecule has 1 aliphatic carbocycles. The van der Waals surface area contributed by atoms with Crippen LogP contribution in [0.4, 0.5) is 11.6 Å². The van der Waals surface area contributed by atoms with Crippen LogP contribution in [0.5, 0.6) is 0 Å². The maximum Gasteiger partial charge on any atom is 0.264 e. The molecule has 0 fully saturated rings. The number of nitriles is 1. The predicted octanol–water partition coefficient (Wildman–Crippen LogP) is 3.71. The fourth-order valence-electron chi connectivity index (χ4n) is 3.74. The molecular formula is C24H24N6O3S2. The number of nitrogens with zero attached hydrogens (tertiary/aromatic N) is 4. The Hall–Kier alpha value is -3.49. The van der Waals surface area contributed by atoms with Crippen molar-refractivity contribution < 1.29 is 13.2 Å². The number of thioether (sulfide) groups is 1. The van der Waals surface area contributed by atoms with Crippen LogP contribution in [0, 0.1) is 24.2 Å². The molecule has 0 spiro atoms. The SMILES string of the molecule is Cc1ccnc(NS(=O)(=O)c2ccc(NC(=O)CSc3nc4c(cc3C#N)CC(C)CC4)cc2)n1. The molecule has 2 heterocycles. The summed E-state index contributed by atoms with van der Waals surface area (Å²) in [6.45, 7) is 3.93. The maximum atomic E-state index is 12.6. The van der Waals surface area contributed by atoms with E-state index >= 15 is 0 Å². The van der Waals surface area contributed by atoms with Crippen LogP contribution in [-0.4, -0.2) is 35.0 Å². The highest BCUT2D eigenvalue weighted by Gasteiger charge is 2.20. The van der Waals surface area contributed by atoms with Crippen molar-refractivity contribution in [1.29, 1.82) is 5.26 Å². The molecule has 180 valence electrons. The molecule has 0 saturated carbocycles. The molecule has 1 amide bonds. The fraction of sp³-hybridized carbons (Fsp3) is 0.292. The molecule has 11 heteroatoms. The van der Waals surface area contributed by atoms with Gasteiger partial charge in [-0.1, -0.05) is 18.7 Å². The summed E-state index contributed by atoms with van der Waals surface area (Å²) in [7, 11) is -3.87. The third-order valence-electron chi connectivity index (χ3n) is 5.53. The van der Waals surface area contributed by atoms with Gasteiger partial charge < -0.3 is 5.32 Å². The minimum atomic E-state index is -3.87. The number of hydrogen-bond acceptors (Lipinski definition) is 8. The van der Waals surface area contributed by atoms with Crippen molar-refractivity contribution >= 4 is 39.3 Å². The highest BCUT2D eigenvalue weighted by Crippen LogP contribution is 2.29. The van der Waals surface area contributed by atoms with Gasteiger partial charge in [-0.05, 0) is 74.1 Å². The van der Waals surface area contributed by atoms with E-state index in [4.69, 9.17) is 0 Å². The van der Waals surface area contributed by atoms with E-state index in [0.29, 0.717) is 27.9 Å². The highest BCUT2D eigenvalue weighted by atomic mass is 32.2. The number of rotatable bonds is 7. The van der Waals surface area contributed by atoms with Crippen molar-refractivity contribution in [3.8, 4) is 6.07 Å². The van der Waals surface area contributed by atoms with E-state index in [1.54, 1.807) is 13.0 Å². The van der Waals surface area contributed by atoms with E-state index in [9.17, 15) is 18.5 Å². The van der Waals surface area contributed by atoms with Crippen molar-refractivity contribution in [1.82, 2.24) is 15.0 Å². The monoisotopic (exact) mass is 508 g/mol. The number of fused-ring (bicyclic) bond motifs is 1. The van der Waals surface area contributed by atoms with E-state index in [0.717, 1.165) is 30.5 Å². The average molecular weight is 509 g/mol. The van der Waals surface area contributed by atoms with Gasteiger partial charge in [0.15, 0.2) is 0 Å².